The Balaban J connectivity index is 2.26. The van der Waals surface area contributed by atoms with E-state index in [1.807, 2.05) is 0 Å². The van der Waals surface area contributed by atoms with Gasteiger partial charge >= 0.3 is 0 Å². The largest absolute Gasteiger partial charge is 0.457 e. The number of ether oxygens (including phenoxy) is 1. The number of nitrogens with zero attached hydrogens (tertiary/aromatic N) is 1. The molecule has 2 aromatic carbocycles. The average Bonchev–Trinajstić information content (AvgIpc) is 2.34. The Morgan fingerprint density at radius 3 is 2.44 bits per heavy atom. The lowest BCUT2D eigenvalue weighted by Gasteiger charge is -2.07. The van der Waals surface area contributed by atoms with Crippen LogP contribution >= 0.6 is 27.5 Å². The van der Waals surface area contributed by atoms with Crippen LogP contribution in [0.15, 0.2) is 40.9 Å². The van der Waals surface area contributed by atoms with E-state index in [2.05, 4.69) is 22.0 Å². The van der Waals surface area contributed by atoms with Crippen molar-refractivity contribution in [3.8, 4) is 17.6 Å². The van der Waals surface area contributed by atoms with E-state index in [-0.39, 0.29) is 0 Å². The van der Waals surface area contributed by atoms with Crippen LogP contribution in [0.2, 0.25) is 5.02 Å². The molecule has 2 rings (SSSR count). The molecule has 0 aliphatic heterocycles. The van der Waals surface area contributed by atoms with Gasteiger partial charge in [0.15, 0.2) is 0 Å². The molecule has 0 unspecified atom stereocenters. The van der Waals surface area contributed by atoms with E-state index in [4.69, 9.17) is 27.3 Å². The van der Waals surface area contributed by atoms with Crippen molar-refractivity contribution in [2.24, 2.45) is 0 Å². The summed E-state index contributed by atoms with van der Waals surface area (Å²) in [7, 11) is 0. The zero-order valence-corrected chi connectivity index (χ0v) is 11.5. The van der Waals surface area contributed by atoms with E-state index < -0.39 is 0 Å². The molecule has 0 bridgehead atoms. The number of halogens is 2. The van der Waals surface area contributed by atoms with Crippen molar-refractivity contribution in [2.45, 2.75) is 0 Å². The van der Waals surface area contributed by atoms with E-state index in [1.165, 1.54) is 0 Å². The molecule has 0 saturated carbocycles. The Bertz CT molecular complexity index is 637. The Labute approximate surface area is 118 Å². The van der Waals surface area contributed by atoms with Gasteiger partial charge in [-0.25, -0.2) is 0 Å². The van der Waals surface area contributed by atoms with Crippen molar-refractivity contribution in [3.63, 3.8) is 0 Å². The van der Waals surface area contributed by atoms with E-state index in [9.17, 15) is 0 Å². The molecule has 0 radical (unpaired) electrons. The Kier molecular flexibility index (Phi) is 3.75. The number of anilines is 1. The molecule has 0 saturated heterocycles. The standard InChI is InChI=1S/C13H8BrClN2O/c14-11-5-9(2-1-8(11)7-16)18-10-3-4-13(17)12(15)6-10/h1-6H,17H2. The molecule has 0 fully saturated rings. The van der Waals surface area contributed by atoms with Crippen molar-refractivity contribution in [2.75, 3.05) is 5.73 Å². The molecule has 18 heavy (non-hydrogen) atoms. The first kappa shape index (κ1) is 12.7. The minimum Gasteiger partial charge on any atom is -0.457 e. The molecule has 3 nitrogen and oxygen atoms in total. The van der Waals surface area contributed by atoms with Crippen molar-refractivity contribution < 1.29 is 4.74 Å². The summed E-state index contributed by atoms with van der Waals surface area (Å²) in [6, 6.07) is 12.2. The normalized spacial score (nSPS) is 9.83. The van der Waals surface area contributed by atoms with Crippen LogP contribution in [0.5, 0.6) is 11.5 Å². The monoisotopic (exact) mass is 322 g/mol. The predicted molar refractivity (Wildman–Crippen MR) is 74.8 cm³/mol. The highest BCUT2D eigenvalue weighted by Crippen LogP contribution is 2.30. The first-order valence-electron chi connectivity index (χ1n) is 5.02. The molecule has 2 N–H and O–H groups in total. The molecule has 90 valence electrons. The third-order valence-corrected chi connectivity index (χ3v) is 3.25. The molecular formula is C13H8BrClN2O. The van der Waals surface area contributed by atoms with E-state index in [1.54, 1.807) is 36.4 Å². The third kappa shape index (κ3) is 2.76. The first-order chi connectivity index (χ1) is 8.60. The van der Waals surface area contributed by atoms with Crippen molar-refractivity contribution in [1.29, 1.82) is 5.26 Å². The molecule has 0 atom stereocenters. The highest BCUT2D eigenvalue weighted by Gasteiger charge is 2.04. The minimum atomic E-state index is 0.445. The van der Waals surface area contributed by atoms with Crippen LogP contribution in [0.4, 0.5) is 5.69 Å². The fraction of sp³-hybridized carbons (Fsp3) is 0. The van der Waals surface area contributed by atoms with Gasteiger partial charge in [0.25, 0.3) is 0 Å². The molecule has 5 heteroatoms. The van der Waals surface area contributed by atoms with Gasteiger partial charge in [-0.05, 0) is 46.3 Å². The zero-order chi connectivity index (χ0) is 13.1. The topological polar surface area (TPSA) is 59.0 Å². The van der Waals surface area contributed by atoms with Crippen LogP contribution in [-0.4, -0.2) is 0 Å². The highest BCUT2D eigenvalue weighted by molar-refractivity contribution is 9.10. The third-order valence-electron chi connectivity index (χ3n) is 2.27. The van der Waals surface area contributed by atoms with Gasteiger partial charge in [0, 0.05) is 10.5 Å². The molecule has 0 aliphatic carbocycles. The summed E-state index contributed by atoms with van der Waals surface area (Å²) in [5, 5.41) is 9.26. The lowest BCUT2D eigenvalue weighted by molar-refractivity contribution is 0.482. The Morgan fingerprint density at radius 1 is 1.17 bits per heavy atom. The summed E-state index contributed by atoms with van der Waals surface area (Å²) in [5.74, 6) is 1.20. The second kappa shape index (κ2) is 5.30. The maximum absolute atomic E-state index is 8.81. The molecule has 0 aliphatic rings. The highest BCUT2D eigenvalue weighted by atomic mass is 79.9. The fourth-order valence-electron chi connectivity index (χ4n) is 1.36. The van der Waals surface area contributed by atoms with Crippen LogP contribution in [0.3, 0.4) is 0 Å². The van der Waals surface area contributed by atoms with Gasteiger partial charge in [-0.15, -0.1) is 0 Å². The smallest absolute Gasteiger partial charge is 0.129 e. The second-order valence-corrected chi connectivity index (χ2v) is 4.80. The van der Waals surface area contributed by atoms with Gasteiger partial charge in [0.2, 0.25) is 0 Å². The molecule has 0 aromatic heterocycles. The van der Waals surface area contributed by atoms with E-state index in [0.29, 0.717) is 32.2 Å². The van der Waals surface area contributed by atoms with Crippen LogP contribution < -0.4 is 10.5 Å². The van der Waals surface area contributed by atoms with E-state index >= 15 is 0 Å². The number of hydrogen-bond donors (Lipinski definition) is 1. The number of benzene rings is 2. The van der Waals surface area contributed by atoms with Gasteiger partial charge < -0.3 is 10.5 Å². The molecular weight excluding hydrogens is 316 g/mol. The van der Waals surface area contributed by atoms with Gasteiger partial charge in [-0.3, -0.25) is 0 Å². The molecule has 2 aromatic rings. The van der Waals surface area contributed by atoms with Crippen LogP contribution in [-0.2, 0) is 0 Å². The Hall–Kier alpha value is -1.70. The maximum Gasteiger partial charge on any atom is 0.129 e. The summed E-state index contributed by atoms with van der Waals surface area (Å²) in [4.78, 5) is 0. The molecule has 0 amide bonds. The number of hydrogen-bond acceptors (Lipinski definition) is 3. The van der Waals surface area contributed by atoms with E-state index in [0.717, 1.165) is 0 Å². The number of nitrogen functional groups attached to an aromatic ring is 1. The summed E-state index contributed by atoms with van der Waals surface area (Å²) < 4.78 is 6.30. The first-order valence-corrected chi connectivity index (χ1v) is 6.20. The van der Waals surface area contributed by atoms with Gasteiger partial charge in [0.05, 0.1) is 16.3 Å². The van der Waals surface area contributed by atoms with Crippen molar-refractivity contribution >= 4 is 33.2 Å². The number of rotatable bonds is 2. The van der Waals surface area contributed by atoms with Gasteiger partial charge in [0.1, 0.15) is 17.6 Å². The lowest BCUT2D eigenvalue weighted by Crippen LogP contribution is -1.89. The van der Waals surface area contributed by atoms with Crippen molar-refractivity contribution in [1.82, 2.24) is 0 Å². The summed E-state index contributed by atoms with van der Waals surface area (Å²) in [6.07, 6.45) is 0. The van der Waals surface area contributed by atoms with Crippen LogP contribution in [0, 0.1) is 11.3 Å². The summed E-state index contributed by atoms with van der Waals surface area (Å²) in [5.41, 5.74) is 6.67. The average molecular weight is 324 g/mol. The summed E-state index contributed by atoms with van der Waals surface area (Å²) >= 11 is 9.20. The minimum absolute atomic E-state index is 0.445. The number of nitriles is 1. The zero-order valence-electron chi connectivity index (χ0n) is 9.15. The fourth-order valence-corrected chi connectivity index (χ4v) is 1.97. The van der Waals surface area contributed by atoms with Gasteiger partial charge in [-0.2, -0.15) is 5.26 Å². The lowest BCUT2D eigenvalue weighted by atomic mass is 10.2. The predicted octanol–water partition coefficient (Wildman–Crippen LogP) is 4.35. The van der Waals surface area contributed by atoms with Gasteiger partial charge in [-0.1, -0.05) is 11.6 Å². The van der Waals surface area contributed by atoms with Crippen LogP contribution in [0.1, 0.15) is 5.56 Å². The molecule has 0 spiro atoms. The quantitative estimate of drug-likeness (QED) is 0.836. The SMILES string of the molecule is N#Cc1ccc(Oc2ccc(N)c(Cl)c2)cc1Br. The summed E-state index contributed by atoms with van der Waals surface area (Å²) in [6.45, 7) is 0. The number of nitrogens with two attached hydrogens (primary N) is 1. The van der Waals surface area contributed by atoms with Crippen LogP contribution in [0.25, 0.3) is 0 Å². The molecule has 0 heterocycles. The Morgan fingerprint density at radius 2 is 1.83 bits per heavy atom. The maximum atomic E-state index is 8.81. The second-order valence-electron chi connectivity index (χ2n) is 3.54. The van der Waals surface area contributed by atoms with Crippen molar-refractivity contribution in [3.05, 3.63) is 51.5 Å².